The third-order valence-electron chi connectivity index (χ3n) is 4.51. The molecule has 0 unspecified atom stereocenters. The smallest absolute Gasteiger partial charge is 0.234 e. The van der Waals surface area contributed by atoms with Gasteiger partial charge in [-0.15, -0.1) is 10.2 Å². The summed E-state index contributed by atoms with van der Waals surface area (Å²) in [5.74, 6) is 1.01. The van der Waals surface area contributed by atoms with Gasteiger partial charge in [-0.25, -0.2) is 0 Å². The molecule has 0 bridgehead atoms. The molecule has 1 heterocycles. The number of carbonyl (C=O) groups excluding carboxylic acids is 1. The second-order valence-corrected chi connectivity index (χ2v) is 8.84. The first kappa shape index (κ1) is 20.1. The van der Waals surface area contributed by atoms with Crippen molar-refractivity contribution in [2.24, 2.45) is 7.05 Å². The minimum atomic E-state index is -0.0617. The zero-order valence-electron chi connectivity index (χ0n) is 17.0. The number of aryl methyl sites for hydroxylation is 1. The molecular formula is C22H26N4OS. The maximum atomic E-state index is 12.3. The predicted octanol–water partition coefficient (Wildman–Crippen LogP) is 4.82. The van der Waals surface area contributed by atoms with E-state index in [0.717, 1.165) is 17.1 Å². The van der Waals surface area contributed by atoms with Crippen molar-refractivity contribution in [2.75, 3.05) is 11.1 Å². The lowest BCUT2D eigenvalue weighted by atomic mass is 9.87. The van der Waals surface area contributed by atoms with Crippen molar-refractivity contribution in [1.29, 1.82) is 0 Å². The first-order valence-electron chi connectivity index (χ1n) is 9.23. The number of hydrogen-bond acceptors (Lipinski definition) is 4. The van der Waals surface area contributed by atoms with Gasteiger partial charge in [-0.3, -0.25) is 4.79 Å². The molecular weight excluding hydrogens is 368 g/mol. The summed E-state index contributed by atoms with van der Waals surface area (Å²) in [7, 11) is 1.92. The van der Waals surface area contributed by atoms with Crippen molar-refractivity contribution >= 4 is 23.4 Å². The van der Waals surface area contributed by atoms with Crippen molar-refractivity contribution < 1.29 is 4.79 Å². The summed E-state index contributed by atoms with van der Waals surface area (Å²) < 4.78 is 1.92. The third kappa shape index (κ3) is 4.81. The van der Waals surface area contributed by atoms with Gasteiger partial charge in [0.05, 0.1) is 5.75 Å². The van der Waals surface area contributed by atoms with Gasteiger partial charge in [-0.2, -0.15) is 0 Å². The highest BCUT2D eigenvalue weighted by Crippen LogP contribution is 2.25. The normalized spacial score (nSPS) is 11.5. The van der Waals surface area contributed by atoms with Gasteiger partial charge >= 0.3 is 0 Å². The molecule has 146 valence electrons. The molecule has 0 fully saturated rings. The molecule has 3 rings (SSSR count). The van der Waals surface area contributed by atoms with Crippen LogP contribution in [0, 0.1) is 6.92 Å². The number of carbonyl (C=O) groups is 1. The van der Waals surface area contributed by atoms with Gasteiger partial charge in [-0.1, -0.05) is 74.5 Å². The van der Waals surface area contributed by atoms with Crippen LogP contribution >= 0.6 is 11.8 Å². The van der Waals surface area contributed by atoms with E-state index in [0.29, 0.717) is 5.16 Å². The molecule has 0 spiro atoms. The Hall–Kier alpha value is -2.60. The highest BCUT2D eigenvalue weighted by atomic mass is 32.2. The van der Waals surface area contributed by atoms with Crippen molar-refractivity contribution in [1.82, 2.24) is 14.8 Å². The summed E-state index contributed by atoms with van der Waals surface area (Å²) in [6, 6.07) is 16.2. The van der Waals surface area contributed by atoms with Crippen molar-refractivity contribution in [3.05, 3.63) is 59.7 Å². The van der Waals surface area contributed by atoms with E-state index in [1.54, 1.807) is 0 Å². The Kier molecular flexibility index (Phi) is 5.89. The summed E-state index contributed by atoms with van der Waals surface area (Å²) in [6.07, 6.45) is 0. The number of aromatic nitrogens is 3. The molecule has 1 N–H and O–H groups in total. The first-order chi connectivity index (χ1) is 13.2. The van der Waals surface area contributed by atoms with Gasteiger partial charge in [0.2, 0.25) is 5.91 Å². The van der Waals surface area contributed by atoms with Gasteiger partial charge < -0.3 is 9.88 Å². The fourth-order valence-corrected chi connectivity index (χ4v) is 3.49. The Morgan fingerprint density at radius 1 is 1.04 bits per heavy atom. The highest BCUT2D eigenvalue weighted by molar-refractivity contribution is 7.99. The topological polar surface area (TPSA) is 59.8 Å². The quantitative estimate of drug-likeness (QED) is 0.630. The zero-order valence-corrected chi connectivity index (χ0v) is 17.8. The van der Waals surface area contributed by atoms with Gasteiger partial charge in [0.15, 0.2) is 11.0 Å². The number of amides is 1. The second kappa shape index (κ2) is 8.19. The molecule has 0 aliphatic rings. The monoisotopic (exact) mass is 394 g/mol. The van der Waals surface area contributed by atoms with Crippen LogP contribution in [0.1, 0.15) is 31.9 Å². The molecule has 0 aliphatic heterocycles. The largest absolute Gasteiger partial charge is 0.325 e. The Morgan fingerprint density at radius 3 is 2.29 bits per heavy atom. The fourth-order valence-electron chi connectivity index (χ4n) is 2.78. The highest BCUT2D eigenvalue weighted by Gasteiger charge is 2.15. The van der Waals surface area contributed by atoms with E-state index in [1.807, 2.05) is 35.9 Å². The molecule has 2 aromatic carbocycles. The standard InChI is InChI=1S/C22H26N4OS/c1-15-6-8-16(9-7-15)20-24-25-21(26(20)5)28-14-19(27)23-18-12-10-17(11-13-18)22(2,3)4/h6-13H,14H2,1-5H3,(H,23,27). The van der Waals surface area contributed by atoms with Crippen molar-refractivity contribution in [3.8, 4) is 11.4 Å². The van der Waals surface area contributed by atoms with E-state index >= 15 is 0 Å². The number of thioether (sulfide) groups is 1. The average molecular weight is 395 g/mol. The SMILES string of the molecule is Cc1ccc(-c2nnc(SCC(=O)Nc3ccc(C(C)(C)C)cc3)n2C)cc1. The number of nitrogens with one attached hydrogen (secondary N) is 1. The molecule has 1 aromatic heterocycles. The number of rotatable bonds is 5. The van der Waals surface area contributed by atoms with Crippen LogP contribution in [0.4, 0.5) is 5.69 Å². The van der Waals surface area contributed by atoms with E-state index in [2.05, 4.69) is 67.5 Å². The first-order valence-corrected chi connectivity index (χ1v) is 10.2. The Balaban J connectivity index is 1.60. The molecule has 0 aliphatic carbocycles. The lowest BCUT2D eigenvalue weighted by Gasteiger charge is -2.19. The van der Waals surface area contributed by atoms with Crippen LogP contribution in [0.15, 0.2) is 53.7 Å². The molecule has 0 saturated heterocycles. The summed E-state index contributed by atoms with van der Waals surface area (Å²) in [5.41, 5.74) is 4.35. The predicted molar refractivity (Wildman–Crippen MR) is 116 cm³/mol. The van der Waals surface area contributed by atoms with E-state index in [9.17, 15) is 4.79 Å². The van der Waals surface area contributed by atoms with Crippen molar-refractivity contribution in [2.45, 2.75) is 38.3 Å². The number of anilines is 1. The Morgan fingerprint density at radius 2 is 1.68 bits per heavy atom. The van der Waals surface area contributed by atoms with Crippen molar-refractivity contribution in [3.63, 3.8) is 0 Å². The van der Waals surface area contributed by atoms with Crippen LogP contribution < -0.4 is 5.32 Å². The van der Waals surface area contributed by atoms with Crippen LogP contribution in [0.2, 0.25) is 0 Å². The molecule has 0 radical (unpaired) electrons. The Labute approximate surface area is 170 Å². The molecule has 0 saturated carbocycles. The summed E-state index contributed by atoms with van der Waals surface area (Å²) in [4.78, 5) is 12.3. The summed E-state index contributed by atoms with van der Waals surface area (Å²) in [6.45, 7) is 8.56. The summed E-state index contributed by atoms with van der Waals surface area (Å²) in [5, 5.41) is 12.2. The minimum absolute atomic E-state index is 0.0617. The minimum Gasteiger partial charge on any atom is -0.325 e. The van der Waals surface area contributed by atoms with Gasteiger partial charge in [0, 0.05) is 18.3 Å². The van der Waals surface area contributed by atoms with E-state index < -0.39 is 0 Å². The lowest BCUT2D eigenvalue weighted by molar-refractivity contribution is -0.113. The van der Waals surface area contributed by atoms with Crippen LogP contribution in [-0.4, -0.2) is 26.4 Å². The molecule has 0 atom stereocenters. The van der Waals surface area contributed by atoms with E-state index in [1.165, 1.54) is 22.9 Å². The van der Waals surface area contributed by atoms with Crippen LogP contribution in [-0.2, 0) is 17.3 Å². The summed E-state index contributed by atoms with van der Waals surface area (Å²) >= 11 is 1.38. The van der Waals surface area contributed by atoms with Gasteiger partial charge in [0.25, 0.3) is 0 Å². The molecule has 28 heavy (non-hydrogen) atoms. The maximum absolute atomic E-state index is 12.3. The number of benzene rings is 2. The molecule has 6 heteroatoms. The maximum Gasteiger partial charge on any atom is 0.234 e. The molecule has 3 aromatic rings. The van der Waals surface area contributed by atoms with Crippen LogP contribution in [0.3, 0.4) is 0 Å². The average Bonchev–Trinajstić information content (AvgIpc) is 3.01. The van der Waals surface area contributed by atoms with E-state index in [-0.39, 0.29) is 17.1 Å². The van der Waals surface area contributed by atoms with Gasteiger partial charge in [-0.05, 0) is 30.0 Å². The third-order valence-corrected chi connectivity index (χ3v) is 5.53. The zero-order chi connectivity index (χ0) is 20.3. The molecule has 1 amide bonds. The molecule has 5 nitrogen and oxygen atoms in total. The van der Waals surface area contributed by atoms with Crippen LogP contribution in [0.25, 0.3) is 11.4 Å². The number of nitrogens with zero attached hydrogens (tertiary/aromatic N) is 3. The van der Waals surface area contributed by atoms with Gasteiger partial charge in [0.1, 0.15) is 0 Å². The lowest BCUT2D eigenvalue weighted by Crippen LogP contribution is -2.15. The van der Waals surface area contributed by atoms with E-state index in [4.69, 9.17) is 0 Å². The fraction of sp³-hybridized carbons (Fsp3) is 0.318. The second-order valence-electron chi connectivity index (χ2n) is 7.90. The number of hydrogen-bond donors (Lipinski definition) is 1. The Bertz CT molecular complexity index is 954. The van der Waals surface area contributed by atoms with Crippen LogP contribution in [0.5, 0.6) is 0 Å².